The number of nitrogens with two attached hydrogens (primary N) is 1. The van der Waals surface area contributed by atoms with Gasteiger partial charge in [-0.25, -0.2) is 0 Å². The molecule has 0 spiro atoms. The minimum atomic E-state index is 0.179. The molecule has 2 heterocycles. The predicted octanol–water partition coefficient (Wildman–Crippen LogP) is 0.894. The first-order valence-electron chi connectivity index (χ1n) is 6.33. The molecule has 0 aromatic rings. The van der Waals surface area contributed by atoms with Crippen molar-refractivity contribution in [2.24, 2.45) is 5.73 Å². The van der Waals surface area contributed by atoms with Crippen molar-refractivity contribution in [3.8, 4) is 0 Å². The van der Waals surface area contributed by atoms with Gasteiger partial charge in [-0.15, -0.1) is 0 Å². The van der Waals surface area contributed by atoms with Gasteiger partial charge in [0, 0.05) is 24.7 Å². The van der Waals surface area contributed by atoms with Gasteiger partial charge in [0.1, 0.15) is 0 Å². The van der Waals surface area contributed by atoms with Crippen molar-refractivity contribution in [1.29, 1.82) is 0 Å². The molecule has 0 radical (unpaired) electrons. The summed E-state index contributed by atoms with van der Waals surface area (Å²) in [5.41, 5.74) is 6.05. The summed E-state index contributed by atoms with van der Waals surface area (Å²) in [4.78, 5) is 5.27. The Balaban J connectivity index is 2.02. The molecule has 2 aliphatic heterocycles. The topological polar surface area (TPSA) is 32.5 Å². The lowest BCUT2D eigenvalue weighted by atomic mass is 10.0. The fourth-order valence-electron chi connectivity index (χ4n) is 2.89. The number of hydrogen-bond donors (Lipinski definition) is 1. The largest absolute Gasteiger partial charge is 0.329 e. The third-order valence-corrected chi connectivity index (χ3v) is 4.16. The van der Waals surface area contributed by atoms with Crippen LogP contribution in [0.25, 0.3) is 0 Å². The predicted molar refractivity (Wildman–Crippen MR) is 63.9 cm³/mol. The number of rotatable bonds is 2. The summed E-state index contributed by atoms with van der Waals surface area (Å²) < 4.78 is 0. The van der Waals surface area contributed by atoms with Crippen LogP contribution in [0.4, 0.5) is 0 Å². The van der Waals surface area contributed by atoms with Crippen molar-refractivity contribution in [1.82, 2.24) is 9.80 Å². The first-order valence-corrected chi connectivity index (χ1v) is 6.33. The highest BCUT2D eigenvalue weighted by atomic mass is 15.3. The van der Waals surface area contributed by atoms with Gasteiger partial charge in [0.05, 0.1) is 0 Å². The van der Waals surface area contributed by atoms with Crippen LogP contribution in [0.5, 0.6) is 0 Å². The van der Waals surface area contributed by atoms with E-state index in [1.807, 2.05) is 0 Å². The summed E-state index contributed by atoms with van der Waals surface area (Å²) in [5.74, 6) is 0. The molecule has 0 saturated carbocycles. The van der Waals surface area contributed by atoms with Crippen LogP contribution < -0.4 is 5.73 Å². The third-order valence-electron chi connectivity index (χ3n) is 4.16. The smallest absolute Gasteiger partial charge is 0.0276 e. The summed E-state index contributed by atoms with van der Waals surface area (Å²) in [7, 11) is 0. The Bertz CT molecular complexity index is 215. The van der Waals surface area contributed by atoms with Crippen LogP contribution in [0.3, 0.4) is 0 Å². The zero-order chi connectivity index (χ0) is 10.9. The molecule has 0 aliphatic carbocycles. The van der Waals surface area contributed by atoms with Gasteiger partial charge in [-0.3, -0.25) is 9.80 Å². The fraction of sp³-hybridized carbons (Fsp3) is 1.00. The van der Waals surface area contributed by atoms with Crippen molar-refractivity contribution in [2.45, 2.75) is 44.7 Å². The molecule has 0 amide bonds. The van der Waals surface area contributed by atoms with Crippen LogP contribution >= 0.6 is 0 Å². The van der Waals surface area contributed by atoms with Gasteiger partial charge in [0.25, 0.3) is 0 Å². The van der Waals surface area contributed by atoms with E-state index in [9.17, 15) is 0 Å². The molecule has 1 unspecified atom stereocenters. The maximum Gasteiger partial charge on any atom is 0.0276 e. The highest BCUT2D eigenvalue weighted by Crippen LogP contribution is 2.25. The van der Waals surface area contributed by atoms with Crippen LogP contribution in [-0.4, -0.2) is 54.1 Å². The molecule has 0 aromatic carbocycles. The molecular weight excluding hydrogens is 186 g/mol. The second-order valence-electron chi connectivity index (χ2n) is 5.65. The first kappa shape index (κ1) is 11.4. The summed E-state index contributed by atoms with van der Waals surface area (Å²) in [6.07, 6.45) is 4.08. The van der Waals surface area contributed by atoms with E-state index in [0.717, 1.165) is 12.6 Å². The molecule has 88 valence electrons. The Morgan fingerprint density at radius 2 is 1.93 bits per heavy atom. The molecule has 2 aliphatic rings. The molecule has 1 atom stereocenters. The van der Waals surface area contributed by atoms with Crippen LogP contribution in [0, 0.1) is 0 Å². The molecule has 2 rings (SSSR count). The molecule has 2 saturated heterocycles. The highest BCUT2D eigenvalue weighted by molar-refractivity contribution is 4.91. The summed E-state index contributed by atoms with van der Waals surface area (Å²) in [6.45, 7) is 10.4. The van der Waals surface area contributed by atoms with Crippen LogP contribution in [0.1, 0.15) is 33.1 Å². The van der Waals surface area contributed by atoms with Crippen molar-refractivity contribution in [3.63, 3.8) is 0 Å². The van der Waals surface area contributed by atoms with Crippen LogP contribution in [-0.2, 0) is 0 Å². The molecule has 0 bridgehead atoms. The van der Waals surface area contributed by atoms with Crippen molar-refractivity contribution < 1.29 is 0 Å². The average molecular weight is 211 g/mol. The van der Waals surface area contributed by atoms with Gasteiger partial charge in [0.15, 0.2) is 0 Å². The lowest BCUT2D eigenvalue weighted by Crippen LogP contribution is -2.52. The van der Waals surface area contributed by atoms with Gasteiger partial charge in [-0.2, -0.15) is 0 Å². The van der Waals surface area contributed by atoms with E-state index >= 15 is 0 Å². The number of hydrogen-bond acceptors (Lipinski definition) is 3. The fourth-order valence-corrected chi connectivity index (χ4v) is 2.89. The molecule has 3 nitrogen and oxygen atoms in total. The second-order valence-corrected chi connectivity index (χ2v) is 5.65. The van der Waals surface area contributed by atoms with E-state index in [1.165, 1.54) is 45.4 Å². The van der Waals surface area contributed by atoms with Crippen molar-refractivity contribution in [3.05, 3.63) is 0 Å². The van der Waals surface area contributed by atoms with Gasteiger partial charge in [0.2, 0.25) is 0 Å². The van der Waals surface area contributed by atoms with Crippen molar-refractivity contribution in [2.75, 3.05) is 32.7 Å². The average Bonchev–Trinajstić information content (AvgIpc) is 2.55. The molecule has 2 N–H and O–H groups in total. The SMILES string of the molecule is CC(C)(CN)N1CCCN2CCCC2C1. The standard InChI is InChI=1S/C12H25N3/c1-12(2,10-13)15-8-4-7-14-6-3-5-11(14)9-15/h11H,3-10,13H2,1-2H3. The van der Waals surface area contributed by atoms with E-state index in [4.69, 9.17) is 5.73 Å². The minimum Gasteiger partial charge on any atom is -0.329 e. The Labute approximate surface area is 93.6 Å². The number of nitrogens with zero attached hydrogens (tertiary/aromatic N) is 2. The van der Waals surface area contributed by atoms with Gasteiger partial charge >= 0.3 is 0 Å². The number of fused-ring (bicyclic) bond motifs is 1. The van der Waals surface area contributed by atoms with E-state index in [1.54, 1.807) is 0 Å². The summed E-state index contributed by atoms with van der Waals surface area (Å²) >= 11 is 0. The third kappa shape index (κ3) is 2.35. The quantitative estimate of drug-likeness (QED) is 0.736. The Kier molecular flexibility index (Phi) is 3.33. The van der Waals surface area contributed by atoms with Gasteiger partial charge in [-0.05, 0) is 52.7 Å². The van der Waals surface area contributed by atoms with E-state index in [-0.39, 0.29) is 5.54 Å². The Morgan fingerprint density at radius 3 is 2.67 bits per heavy atom. The van der Waals surface area contributed by atoms with Crippen LogP contribution in [0.2, 0.25) is 0 Å². The Hall–Kier alpha value is -0.120. The molecule has 2 fully saturated rings. The highest BCUT2D eigenvalue weighted by Gasteiger charge is 2.33. The van der Waals surface area contributed by atoms with Gasteiger partial charge in [-0.1, -0.05) is 0 Å². The van der Waals surface area contributed by atoms with E-state index in [0.29, 0.717) is 0 Å². The lowest BCUT2D eigenvalue weighted by Gasteiger charge is -2.38. The molecule has 3 heteroatoms. The Morgan fingerprint density at radius 1 is 1.20 bits per heavy atom. The molecular formula is C12H25N3. The zero-order valence-corrected chi connectivity index (χ0v) is 10.2. The second kappa shape index (κ2) is 4.40. The molecule has 0 aromatic heterocycles. The minimum absolute atomic E-state index is 0.179. The molecule has 15 heavy (non-hydrogen) atoms. The first-order chi connectivity index (χ1) is 7.13. The monoisotopic (exact) mass is 211 g/mol. The van der Waals surface area contributed by atoms with E-state index < -0.39 is 0 Å². The van der Waals surface area contributed by atoms with E-state index in [2.05, 4.69) is 23.6 Å². The lowest BCUT2D eigenvalue weighted by molar-refractivity contribution is 0.114. The summed E-state index contributed by atoms with van der Waals surface area (Å²) in [6, 6.07) is 0.804. The maximum absolute atomic E-state index is 5.87. The zero-order valence-electron chi connectivity index (χ0n) is 10.2. The maximum atomic E-state index is 5.87. The normalized spacial score (nSPS) is 30.2. The summed E-state index contributed by atoms with van der Waals surface area (Å²) in [5, 5.41) is 0. The van der Waals surface area contributed by atoms with Gasteiger partial charge < -0.3 is 5.73 Å². The van der Waals surface area contributed by atoms with Crippen molar-refractivity contribution >= 4 is 0 Å². The van der Waals surface area contributed by atoms with Crippen LogP contribution in [0.15, 0.2) is 0 Å².